The van der Waals surface area contributed by atoms with Gasteiger partial charge in [-0.3, -0.25) is 9.79 Å². The highest BCUT2D eigenvalue weighted by Gasteiger charge is 2.47. The molecule has 1 aromatic carbocycles. The van der Waals surface area contributed by atoms with Crippen LogP contribution in [0.2, 0.25) is 0 Å². The first-order valence-corrected chi connectivity index (χ1v) is 12.7. The molecule has 0 saturated carbocycles. The molecule has 4 rings (SSSR count). The molecule has 0 aromatic heterocycles. The lowest BCUT2D eigenvalue weighted by atomic mass is 9.77. The quantitative estimate of drug-likeness (QED) is 0.142. The fourth-order valence-electron chi connectivity index (χ4n) is 5.42. The Labute approximate surface area is 210 Å². The Morgan fingerprint density at radius 3 is 2.40 bits per heavy atom. The van der Waals surface area contributed by atoms with Gasteiger partial charge in [0.25, 0.3) is 0 Å². The monoisotopic (exact) mass is 475 g/mol. The molecule has 35 heavy (non-hydrogen) atoms. The number of piperidine rings is 3. The van der Waals surface area contributed by atoms with Crippen LogP contribution in [-0.4, -0.2) is 60.8 Å². The molecule has 2 unspecified atom stereocenters. The number of nitrogens with zero attached hydrogens (tertiary/aromatic N) is 2. The first-order chi connectivity index (χ1) is 16.9. The number of allylic oxidation sites excluding steroid dienone is 5. The van der Waals surface area contributed by atoms with Gasteiger partial charge in [-0.05, 0) is 44.4 Å². The topological polar surface area (TPSA) is 55.7 Å². The predicted molar refractivity (Wildman–Crippen MR) is 142 cm³/mol. The second-order valence-corrected chi connectivity index (χ2v) is 9.60. The molecule has 0 spiro atoms. The van der Waals surface area contributed by atoms with Crippen LogP contribution in [0.5, 0.6) is 0 Å². The third-order valence-corrected chi connectivity index (χ3v) is 7.31. The maximum Gasteiger partial charge on any atom is 0.335 e. The molecule has 3 saturated heterocycles. The summed E-state index contributed by atoms with van der Waals surface area (Å²) in [7, 11) is 0. The molecule has 0 aliphatic carbocycles. The van der Waals surface area contributed by atoms with Gasteiger partial charge in [-0.2, -0.15) is 0 Å². The fourth-order valence-corrected chi connectivity index (χ4v) is 5.42. The van der Waals surface area contributed by atoms with E-state index in [2.05, 4.69) is 11.6 Å². The fraction of sp³-hybridized carbons (Fsp3) is 0.433. The Kier molecular flexibility index (Phi) is 9.55. The van der Waals surface area contributed by atoms with Crippen molar-refractivity contribution >= 4 is 17.5 Å². The van der Waals surface area contributed by atoms with Crippen LogP contribution >= 0.6 is 0 Å². The Morgan fingerprint density at radius 1 is 1.11 bits per heavy atom. The lowest BCUT2D eigenvalue weighted by molar-refractivity contribution is -0.939. The van der Waals surface area contributed by atoms with Crippen molar-refractivity contribution in [2.75, 3.05) is 32.8 Å². The summed E-state index contributed by atoms with van der Waals surface area (Å²) in [6, 6.07) is 8.82. The van der Waals surface area contributed by atoms with Crippen LogP contribution in [0.25, 0.3) is 0 Å². The number of ether oxygens (including phenoxy) is 1. The lowest BCUT2D eigenvalue weighted by Crippen LogP contribution is -2.64. The van der Waals surface area contributed by atoms with Gasteiger partial charge in [0, 0.05) is 24.3 Å². The summed E-state index contributed by atoms with van der Waals surface area (Å²) in [5.41, 5.74) is 2.22. The van der Waals surface area contributed by atoms with E-state index in [4.69, 9.17) is 4.74 Å². The van der Waals surface area contributed by atoms with Crippen molar-refractivity contribution in [3.63, 3.8) is 0 Å². The summed E-state index contributed by atoms with van der Waals surface area (Å²) in [6.45, 7) is 13.4. The summed E-state index contributed by atoms with van der Waals surface area (Å²) in [5.74, 6) is 0.657. The molecule has 2 bridgehead atoms. The predicted octanol–water partition coefficient (Wildman–Crippen LogP) is 5.36. The number of carbonyl (C=O) groups is 2. The smallest absolute Gasteiger partial charge is 0.335 e. The third kappa shape index (κ3) is 6.76. The summed E-state index contributed by atoms with van der Waals surface area (Å²) >= 11 is 0. The standard InChI is InChI=1S/C30H39N2O3/c1-5-12-23(7-3)29(31-27(8-4)13-6-2)30(34)35-22-26-20-32(18-16-24(26)17-19-32)21-28(33)25-14-10-9-11-15-25/h5-15,24,26,29H,4,16-22H2,1-3H3/q+1/b12-5?,13-6-,23-7?,31-27?. The number of carbonyl (C=O) groups excluding carboxylic acids is 2. The van der Waals surface area contributed by atoms with E-state index in [1.165, 1.54) is 0 Å². The second kappa shape index (κ2) is 12.6. The molecular formula is C30H39N2O3+. The normalized spacial score (nSPS) is 25.7. The number of Topliss-reactive ketones (excluding diaryl/α,β-unsaturated/α-hetero) is 1. The Balaban J connectivity index is 1.70. The van der Waals surface area contributed by atoms with Crippen LogP contribution in [0.15, 0.2) is 83.9 Å². The van der Waals surface area contributed by atoms with Crippen LogP contribution in [0.3, 0.4) is 0 Å². The van der Waals surface area contributed by atoms with Crippen LogP contribution in [-0.2, 0) is 9.53 Å². The number of fused-ring (bicyclic) bond motifs is 3. The van der Waals surface area contributed by atoms with E-state index in [0.717, 1.165) is 48.1 Å². The molecule has 1 aromatic rings. The Morgan fingerprint density at radius 2 is 1.80 bits per heavy atom. The lowest BCUT2D eigenvalue weighted by Gasteiger charge is -2.52. The summed E-state index contributed by atoms with van der Waals surface area (Å²) in [4.78, 5) is 30.9. The van der Waals surface area contributed by atoms with Gasteiger partial charge < -0.3 is 9.22 Å². The van der Waals surface area contributed by atoms with Gasteiger partial charge >= 0.3 is 5.97 Å². The van der Waals surface area contributed by atoms with E-state index >= 15 is 0 Å². The van der Waals surface area contributed by atoms with E-state index in [9.17, 15) is 9.59 Å². The van der Waals surface area contributed by atoms with E-state index < -0.39 is 6.04 Å². The third-order valence-electron chi connectivity index (χ3n) is 7.31. The second-order valence-electron chi connectivity index (χ2n) is 9.60. The first-order valence-electron chi connectivity index (χ1n) is 12.7. The highest BCUT2D eigenvalue weighted by molar-refractivity contribution is 6.05. The van der Waals surface area contributed by atoms with Crippen LogP contribution in [0.1, 0.15) is 44.0 Å². The Bertz CT molecular complexity index is 1010. The number of hydrogen-bond donors (Lipinski definition) is 0. The first kappa shape index (κ1) is 26.6. The molecule has 5 nitrogen and oxygen atoms in total. The summed E-state index contributed by atoms with van der Waals surface area (Å²) in [5, 5.41) is 0. The van der Waals surface area contributed by atoms with Crippen molar-refractivity contribution in [1.82, 2.24) is 0 Å². The zero-order chi connectivity index (χ0) is 25.3. The van der Waals surface area contributed by atoms with E-state index in [-0.39, 0.29) is 17.7 Å². The molecule has 0 amide bonds. The van der Waals surface area contributed by atoms with Gasteiger partial charge in [-0.1, -0.05) is 61.2 Å². The number of aliphatic imine (C=N–C) groups is 1. The van der Waals surface area contributed by atoms with Gasteiger partial charge in [0.2, 0.25) is 5.78 Å². The molecule has 0 radical (unpaired) electrons. The van der Waals surface area contributed by atoms with E-state index in [1.807, 2.05) is 81.5 Å². The zero-order valence-corrected chi connectivity index (χ0v) is 21.4. The van der Waals surface area contributed by atoms with Crippen LogP contribution < -0.4 is 0 Å². The van der Waals surface area contributed by atoms with Crippen LogP contribution in [0.4, 0.5) is 0 Å². The molecular weight excluding hydrogens is 436 g/mol. The van der Waals surface area contributed by atoms with Crippen molar-refractivity contribution in [3.8, 4) is 0 Å². The largest absolute Gasteiger partial charge is 0.463 e. The van der Waals surface area contributed by atoms with Gasteiger partial charge in [-0.15, -0.1) is 0 Å². The van der Waals surface area contributed by atoms with Crippen molar-refractivity contribution in [1.29, 1.82) is 0 Å². The summed E-state index contributed by atoms with van der Waals surface area (Å²) in [6.07, 6.45) is 13.2. The molecule has 3 aliphatic heterocycles. The average molecular weight is 476 g/mol. The number of hydrogen-bond acceptors (Lipinski definition) is 4. The van der Waals surface area contributed by atoms with Gasteiger partial charge in [0.1, 0.15) is 6.54 Å². The van der Waals surface area contributed by atoms with Gasteiger partial charge in [0.15, 0.2) is 6.04 Å². The zero-order valence-electron chi connectivity index (χ0n) is 21.4. The van der Waals surface area contributed by atoms with Crippen molar-refractivity contribution < 1.29 is 18.8 Å². The molecule has 3 fully saturated rings. The number of quaternary nitrogens is 1. The minimum absolute atomic E-state index is 0.195. The summed E-state index contributed by atoms with van der Waals surface area (Å²) < 4.78 is 6.71. The average Bonchev–Trinajstić information content (AvgIpc) is 2.89. The molecule has 2 atom stereocenters. The maximum atomic E-state index is 13.2. The highest BCUT2D eigenvalue weighted by Crippen LogP contribution is 2.38. The van der Waals surface area contributed by atoms with Gasteiger partial charge in [-0.25, -0.2) is 4.79 Å². The van der Waals surface area contributed by atoms with Gasteiger partial charge in [0.05, 0.1) is 32.0 Å². The highest BCUT2D eigenvalue weighted by atomic mass is 16.5. The van der Waals surface area contributed by atoms with Crippen molar-refractivity contribution in [3.05, 3.63) is 84.5 Å². The molecule has 0 N–H and O–H groups in total. The molecule has 3 aliphatic rings. The van der Waals surface area contributed by atoms with E-state index in [1.54, 1.807) is 6.08 Å². The Hall–Kier alpha value is -3.05. The minimum atomic E-state index is -0.732. The van der Waals surface area contributed by atoms with E-state index in [0.29, 0.717) is 24.8 Å². The number of ketones is 1. The molecule has 186 valence electrons. The maximum absolute atomic E-state index is 13.2. The van der Waals surface area contributed by atoms with Crippen molar-refractivity contribution in [2.24, 2.45) is 16.8 Å². The number of rotatable bonds is 11. The number of benzene rings is 1. The SMILES string of the molecule is C=CC(/C=C\C)=NC(C(=O)OCC1C[N+]2(CC(=O)c3ccccc3)CCC1CC2)C(C=CC)=CC. The molecule has 5 heteroatoms. The minimum Gasteiger partial charge on any atom is -0.463 e. The van der Waals surface area contributed by atoms with Crippen LogP contribution in [0, 0.1) is 11.8 Å². The number of esters is 1. The molecule has 3 heterocycles. The van der Waals surface area contributed by atoms with Crippen molar-refractivity contribution in [2.45, 2.75) is 39.7 Å².